The molecule has 0 aromatic rings. The molecule has 4 N–H and O–H groups in total. The lowest BCUT2D eigenvalue weighted by molar-refractivity contribution is -0.321. The van der Waals surface area contributed by atoms with Crippen molar-refractivity contribution in [2.45, 2.75) is 149 Å². The molecule has 1 heterocycles. The van der Waals surface area contributed by atoms with Crippen LogP contribution in [0.3, 0.4) is 0 Å². The highest BCUT2D eigenvalue weighted by molar-refractivity contribution is 5.76. The predicted octanol–water partition coefficient (Wildman–Crippen LogP) is 5.33. The van der Waals surface area contributed by atoms with Gasteiger partial charge in [-0.2, -0.15) is 0 Å². The summed E-state index contributed by atoms with van der Waals surface area (Å²) >= 11 is 0. The summed E-state index contributed by atoms with van der Waals surface area (Å²) in [5, 5.41) is 42.9. The third-order valence-corrected chi connectivity index (χ3v) is 16.3. The van der Waals surface area contributed by atoms with Crippen LogP contribution in [0.5, 0.6) is 0 Å². The topological polar surface area (TPSA) is 146 Å². The molecule has 0 unspecified atom stereocenters. The van der Waals surface area contributed by atoms with E-state index in [-0.39, 0.29) is 46.1 Å². The number of esters is 1. The number of nitrogens with zero attached hydrogens (tertiary/aromatic N) is 1. The van der Waals surface area contributed by atoms with Gasteiger partial charge >= 0.3 is 11.9 Å². The summed E-state index contributed by atoms with van der Waals surface area (Å²) in [5.41, 5.74) is 0.441. The quantitative estimate of drug-likeness (QED) is 0.157. The third-order valence-electron chi connectivity index (χ3n) is 16.3. The number of allylic oxidation sites excluding steroid dienone is 1. The lowest BCUT2D eigenvalue weighted by Gasteiger charge is -2.72. The number of hydroxylamine groups is 2. The van der Waals surface area contributed by atoms with Gasteiger partial charge in [-0.3, -0.25) is 14.4 Å². The number of aliphatic hydroxyl groups excluding tert-OH is 3. The summed E-state index contributed by atoms with van der Waals surface area (Å²) in [7, 11) is 1.37. The molecule has 0 radical (unpaired) electrons. The van der Waals surface area contributed by atoms with Crippen molar-refractivity contribution in [3.8, 4) is 0 Å². The summed E-state index contributed by atoms with van der Waals surface area (Å²) < 4.78 is 12.0. The van der Waals surface area contributed by atoms with Gasteiger partial charge in [0.05, 0.1) is 18.6 Å². The maximum Gasteiger partial charge on any atom is 0.323 e. The Hall–Kier alpha value is -1.56. The number of carboxylic acids is 1. The molecule has 5 aliphatic carbocycles. The summed E-state index contributed by atoms with van der Waals surface area (Å²) in [6.07, 6.45) is 3.06. The van der Waals surface area contributed by atoms with E-state index in [4.69, 9.17) is 14.3 Å². The van der Waals surface area contributed by atoms with Gasteiger partial charge in [0.2, 0.25) is 0 Å². The van der Waals surface area contributed by atoms with Gasteiger partial charge in [0.25, 0.3) is 0 Å². The van der Waals surface area contributed by atoms with E-state index in [2.05, 4.69) is 48.1 Å². The van der Waals surface area contributed by atoms with Gasteiger partial charge in [-0.1, -0.05) is 46.8 Å². The Kier molecular flexibility index (Phi) is 9.52. The molecule has 5 saturated carbocycles. The molecule has 6 rings (SSSR count). The number of hydrogen-bond acceptors (Lipinski definition) is 9. The molecule has 1 aliphatic heterocycles. The number of fused-ring (bicyclic) bond motifs is 7. The van der Waals surface area contributed by atoms with E-state index in [1.165, 1.54) is 12.2 Å². The Morgan fingerprint density at radius 1 is 0.857 bits per heavy atom. The Morgan fingerprint density at radius 3 is 2.18 bits per heavy atom. The smallest absolute Gasteiger partial charge is 0.323 e. The second kappa shape index (κ2) is 12.5. The van der Waals surface area contributed by atoms with Gasteiger partial charge in [-0.05, 0) is 124 Å². The minimum Gasteiger partial charge on any atom is -0.481 e. The zero-order valence-electron chi connectivity index (χ0n) is 31.1. The molecule has 0 amide bonds. The molecule has 0 spiro atoms. The first-order valence-electron chi connectivity index (χ1n) is 18.9. The average molecular weight is 690 g/mol. The van der Waals surface area contributed by atoms with Crippen molar-refractivity contribution >= 4 is 11.9 Å². The highest BCUT2D eigenvalue weighted by Gasteiger charge is 2.72. The molecular weight excluding hydrogens is 626 g/mol. The van der Waals surface area contributed by atoms with Crippen molar-refractivity contribution in [2.24, 2.45) is 56.7 Å². The first-order valence-corrected chi connectivity index (χ1v) is 18.9. The van der Waals surface area contributed by atoms with E-state index in [1.54, 1.807) is 6.92 Å². The van der Waals surface area contributed by atoms with Gasteiger partial charge in [0, 0.05) is 5.41 Å². The van der Waals surface area contributed by atoms with Crippen LogP contribution >= 0.6 is 0 Å². The monoisotopic (exact) mass is 689 g/mol. The number of rotatable bonds is 7. The van der Waals surface area contributed by atoms with Crippen LogP contribution in [0.2, 0.25) is 0 Å². The van der Waals surface area contributed by atoms with Crippen molar-refractivity contribution in [3.05, 3.63) is 12.2 Å². The molecule has 278 valence electrons. The Morgan fingerprint density at radius 2 is 1.55 bits per heavy atom. The minimum atomic E-state index is -1.47. The Labute approximate surface area is 292 Å². The van der Waals surface area contributed by atoms with E-state index < -0.39 is 48.0 Å². The molecular formula is C39H63NO9. The lowest BCUT2D eigenvalue weighted by atomic mass is 9.32. The third kappa shape index (κ3) is 5.31. The van der Waals surface area contributed by atoms with Crippen LogP contribution in [0.25, 0.3) is 0 Å². The summed E-state index contributed by atoms with van der Waals surface area (Å²) in [6, 6.07) is 0. The second-order valence-electron chi connectivity index (χ2n) is 18.4. The van der Waals surface area contributed by atoms with Gasteiger partial charge in [0.15, 0.2) is 6.23 Å². The SMILES string of the molecule is C=C(C)[C@@H]1CC[C@]2(C(=O)O)CC[C@]3(C)[C@H](CC[C@@H]4[C@@]5(C)CC[C@H](OC(=O)CN(OC)[C@@H]6O[C@@H](C)[C@@H](O)[C@@H](O)[C@@H]6O)C(C)(C)[C@@H]5CC[C@]43C)[C@@H]12. The molecule has 0 aromatic carbocycles. The number of carbonyl (C=O) groups excluding carboxylic acids is 1. The van der Waals surface area contributed by atoms with Crippen molar-refractivity contribution in [1.29, 1.82) is 0 Å². The molecule has 10 nitrogen and oxygen atoms in total. The zero-order chi connectivity index (χ0) is 36.1. The van der Waals surface area contributed by atoms with Gasteiger partial charge in [-0.25, -0.2) is 0 Å². The number of carboxylic acid groups (broad SMARTS) is 1. The first-order chi connectivity index (χ1) is 22.8. The van der Waals surface area contributed by atoms with Gasteiger partial charge < -0.3 is 29.9 Å². The normalized spacial score (nSPS) is 50.4. The van der Waals surface area contributed by atoms with E-state index in [1.807, 2.05) is 0 Å². The van der Waals surface area contributed by atoms with Crippen LogP contribution in [0.4, 0.5) is 0 Å². The van der Waals surface area contributed by atoms with Crippen LogP contribution < -0.4 is 0 Å². The number of hydrogen-bond donors (Lipinski definition) is 4. The molecule has 6 fully saturated rings. The minimum absolute atomic E-state index is 0.0511. The van der Waals surface area contributed by atoms with Gasteiger partial charge in [-0.15, -0.1) is 5.06 Å². The van der Waals surface area contributed by atoms with Crippen LogP contribution in [-0.2, 0) is 23.9 Å². The maximum atomic E-state index is 13.5. The van der Waals surface area contributed by atoms with Crippen molar-refractivity contribution in [3.63, 3.8) is 0 Å². The van der Waals surface area contributed by atoms with E-state index in [0.29, 0.717) is 17.8 Å². The molecule has 6 aliphatic rings. The largest absolute Gasteiger partial charge is 0.481 e. The fourth-order valence-corrected chi connectivity index (χ4v) is 13.5. The highest BCUT2D eigenvalue weighted by Crippen LogP contribution is 2.77. The maximum absolute atomic E-state index is 13.5. The van der Waals surface area contributed by atoms with E-state index >= 15 is 0 Å². The van der Waals surface area contributed by atoms with E-state index in [0.717, 1.165) is 69.8 Å². The number of ether oxygens (including phenoxy) is 2. The van der Waals surface area contributed by atoms with Crippen LogP contribution in [0, 0.1) is 56.7 Å². The Bertz CT molecular complexity index is 1320. The zero-order valence-corrected chi connectivity index (χ0v) is 31.1. The van der Waals surface area contributed by atoms with E-state index in [9.17, 15) is 30.0 Å². The number of aliphatic carboxylic acids is 1. The number of aliphatic hydroxyl groups is 3. The Balaban J connectivity index is 1.19. The van der Waals surface area contributed by atoms with Crippen LogP contribution in [0.15, 0.2) is 12.2 Å². The fraction of sp³-hybridized carbons (Fsp3) is 0.897. The molecule has 1 saturated heterocycles. The molecule has 0 bridgehead atoms. The molecule has 0 aromatic heterocycles. The summed E-state index contributed by atoms with van der Waals surface area (Å²) in [6.45, 7) is 19.8. The first kappa shape index (κ1) is 37.2. The summed E-state index contributed by atoms with van der Waals surface area (Å²) in [5.74, 6) is 0.558. The van der Waals surface area contributed by atoms with Crippen LogP contribution in [-0.4, -0.2) is 87.8 Å². The van der Waals surface area contributed by atoms with Crippen molar-refractivity contribution < 1.29 is 44.3 Å². The fourth-order valence-electron chi connectivity index (χ4n) is 13.5. The predicted molar refractivity (Wildman–Crippen MR) is 183 cm³/mol. The molecule has 49 heavy (non-hydrogen) atoms. The van der Waals surface area contributed by atoms with Gasteiger partial charge in [0.1, 0.15) is 31.0 Å². The number of carbonyl (C=O) groups is 2. The van der Waals surface area contributed by atoms with Crippen molar-refractivity contribution in [2.75, 3.05) is 13.7 Å². The lowest BCUT2D eigenvalue weighted by Crippen LogP contribution is -2.67. The second-order valence-corrected chi connectivity index (χ2v) is 18.4. The summed E-state index contributed by atoms with van der Waals surface area (Å²) in [4.78, 5) is 31.9. The molecule has 15 atom stereocenters. The standard InChI is InChI=1S/C39H63NO9/c1-21(2)23-12-17-39(34(45)46)19-18-37(7)24(29(23)39)10-11-26-36(6)15-14-27(35(4,5)25(36)13-16-38(26,37)8)49-28(41)20-40(47-9)33-32(44)31(43)30(42)22(3)48-33/h22-27,29-33,42-44H,1,10-20H2,2-9H3,(H,45,46)/t22-,23-,24+,25-,26+,27-,29+,30+,31+,32-,33+,36-,37+,38+,39-/m0/s1. The van der Waals surface area contributed by atoms with Crippen molar-refractivity contribution in [1.82, 2.24) is 5.06 Å². The average Bonchev–Trinajstić information content (AvgIpc) is 3.44. The van der Waals surface area contributed by atoms with Crippen LogP contribution in [0.1, 0.15) is 113 Å². The highest BCUT2D eigenvalue weighted by atomic mass is 16.7. The molecule has 10 heteroatoms.